The van der Waals surface area contributed by atoms with Crippen LogP contribution in [-0.2, 0) is 18.9 Å². The zero-order chi connectivity index (χ0) is 19.4. The molecule has 138 valence electrons. The standard InChI is InChI=1S/C18H21N3O5/c1-11-8-14(25-4)15(26-5)9-13(11)19-16(22)7-6-12-10-20(2)18(24)21(3)17(12)23/h6-10H,1-5H3,(H,19,22)/b7-6+. The smallest absolute Gasteiger partial charge is 0.330 e. The first-order valence-electron chi connectivity index (χ1n) is 7.76. The zero-order valence-corrected chi connectivity index (χ0v) is 15.3. The second-order valence-corrected chi connectivity index (χ2v) is 5.69. The van der Waals surface area contributed by atoms with Crippen molar-refractivity contribution in [2.45, 2.75) is 6.92 Å². The van der Waals surface area contributed by atoms with Gasteiger partial charge in [-0.15, -0.1) is 0 Å². The molecule has 0 aliphatic rings. The Hall–Kier alpha value is -3.29. The molecule has 0 unspecified atom stereocenters. The minimum Gasteiger partial charge on any atom is -0.493 e. The van der Waals surface area contributed by atoms with Gasteiger partial charge in [-0.05, 0) is 24.6 Å². The van der Waals surface area contributed by atoms with Gasteiger partial charge in [0.25, 0.3) is 5.56 Å². The number of aromatic nitrogens is 2. The summed E-state index contributed by atoms with van der Waals surface area (Å²) < 4.78 is 12.7. The van der Waals surface area contributed by atoms with Crippen molar-refractivity contribution in [2.75, 3.05) is 19.5 Å². The number of hydrogen-bond donors (Lipinski definition) is 1. The van der Waals surface area contributed by atoms with Gasteiger partial charge in [-0.25, -0.2) is 4.79 Å². The zero-order valence-electron chi connectivity index (χ0n) is 15.3. The van der Waals surface area contributed by atoms with Crippen molar-refractivity contribution >= 4 is 17.7 Å². The lowest BCUT2D eigenvalue weighted by molar-refractivity contribution is -0.111. The molecule has 0 saturated carbocycles. The number of methoxy groups -OCH3 is 2. The van der Waals surface area contributed by atoms with Gasteiger partial charge in [0.1, 0.15) is 0 Å². The van der Waals surface area contributed by atoms with Crippen LogP contribution in [0.3, 0.4) is 0 Å². The van der Waals surface area contributed by atoms with Crippen molar-refractivity contribution in [2.24, 2.45) is 14.1 Å². The summed E-state index contributed by atoms with van der Waals surface area (Å²) in [5.74, 6) is 0.632. The third kappa shape index (κ3) is 3.85. The SMILES string of the molecule is COc1cc(C)c(NC(=O)/C=C/c2cn(C)c(=O)n(C)c2=O)cc1OC. The van der Waals surface area contributed by atoms with E-state index in [9.17, 15) is 14.4 Å². The molecular formula is C18H21N3O5. The van der Waals surface area contributed by atoms with Crippen molar-refractivity contribution in [3.05, 3.63) is 56.4 Å². The monoisotopic (exact) mass is 359 g/mol. The predicted octanol–water partition coefficient (Wildman–Crippen LogP) is 1.06. The van der Waals surface area contributed by atoms with Crippen LogP contribution in [0.1, 0.15) is 11.1 Å². The van der Waals surface area contributed by atoms with E-state index in [4.69, 9.17) is 9.47 Å². The van der Waals surface area contributed by atoms with Crippen molar-refractivity contribution in [3.63, 3.8) is 0 Å². The molecule has 1 amide bonds. The number of benzene rings is 1. The molecular weight excluding hydrogens is 338 g/mol. The average Bonchev–Trinajstić information content (AvgIpc) is 2.63. The first-order valence-corrected chi connectivity index (χ1v) is 7.76. The molecule has 1 heterocycles. The molecule has 2 aromatic rings. The van der Waals surface area contributed by atoms with Crippen molar-refractivity contribution in [3.8, 4) is 11.5 Å². The van der Waals surface area contributed by atoms with Crippen LogP contribution in [0.4, 0.5) is 5.69 Å². The minimum absolute atomic E-state index is 0.230. The molecule has 0 bridgehead atoms. The fourth-order valence-corrected chi connectivity index (χ4v) is 2.41. The maximum Gasteiger partial charge on any atom is 0.330 e. The molecule has 1 aromatic carbocycles. The van der Waals surface area contributed by atoms with Gasteiger partial charge in [0.2, 0.25) is 5.91 Å². The van der Waals surface area contributed by atoms with Gasteiger partial charge in [-0.2, -0.15) is 0 Å². The van der Waals surface area contributed by atoms with E-state index in [2.05, 4.69) is 5.32 Å². The van der Waals surface area contributed by atoms with E-state index in [-0.39, 0.29) is 5.56 Å². The molecule has 0 aliphatic heterocycles. The number of carbonyl (C=O) groups is 1. The summed E-state index contributed by atoms with van der Waals surface area (Å²) in [6.45, 7) is 1.82. The Balaban J connectivity index is 2.26. The van der Waals surface area contributed by atoms with Crippen LogP contribution < -0.4 is 26.0 Å². The summed E-state index contributed by atoms with van der Waals surface area (Å²) in [4.78, 5) is 35.9. The number of rotatable bonds is 5. The summed E-state index contributed by atoms with van der Waals surface area (Å²) in [6, 6.07) is 3.41. The molecule has 0 fully saturated rings. The Morgan fingerprint density at radius 1 is 1.12 bits per heavy atom. The predicted molar refractivity (Wildman–Crippen MR) is 98.9 cm³/mol. The first-order chi connectivity index (χ1) is 12.3. The van der Waals surface area contributed by atoms with Crippen LogP contribution >= 0.6 is 0 Å². The molecule has 0 aliphatic carbocycles. The molecule has 2 rings (SSSR count). The molecule has 8 heteroatoms. The van der Waals surface area contributed by atoms with Gasteiger partial charge in [0.05, 0.1) is 19.8 Å². The first kappa shape index (κ1) is 19.0. The van der Waals surface area contributed by atoms with E-state index in [0.29, 0.717) is 17.2 Å². The summed E-state index contributed by atoms with van der Waals surface area (Å²) in [6.07, 6.45) is 3.99. The maximum atomic E-state index is 12.2. The number of carbonyl (C=O) groups excluding carboxylic acids is 1. The number of ether oxygens (including phenoxy) is 2. The second-order valence-electron chi connectivity index (χ2n) is 5.69. The number of anilines is 1. The summed E-state index contributed by atoms with van der Waals surface area (Å²) in [5.41, 5.74) is 0.680. The number of hydrogen-bond acceptors (Lipinski definition) is 5. The van der Waals surface area contributed by atoms with E-state index in [0.717, 1.165) is 10.1 Å². The normalized spacial score (nSPS) is 10.8. The third-order valence-electron chi connectivity index (χ3n) is 3.88. The Bertz CT molecular complexity index is 986. The fourth-order valence-electron chi connectivity index (χ4n) is 2.41. The molecule has 8 nitrogen and oxygen atoms in total. The van der Waals surface area contributed by atoms with Gasteiger partial charge in [0, 0.05) is 38.1 Å². The molecule has 26 heavy (non-hydrogen) atoms. The van der Waals surface area contributed by atoms with E-state index in [1.54, 1.807) is 12.1 Å². The second kappa shape index (κ2) is 7.73. The van der Waals surface area contributed by atoms with E-state index in [1.165, 1.54) is 51.2 Å². The Morgan fingerprint density at radius 2 is 1.73 bits per heavy atom. The van der Waals surface area contributed by atoms with Gasteiger partial charge in [-0.1, -0.05) is 0 Å². The molecule has 0 radical (unpaired) electrons. The Kier molecular flexibility index (Phi) is 5.66. The topological polar surface area (TPSA) is 91.6 Å². The van der Waals surface area contributed by atoms with Crippen LogP contribution in [0, 0.1) is 6.92 Å². The third-order valence-corrected chi connectivity index (χ3v) is 3.88. The van der Waals surface area contributed by atoms with E-state index < -0.39 is 17.2 Å². The van der Waals surface area contributed by atoms with E-state index in [1.807, 2.05) is 6.92 Å². The molecule has 0 atom stereocenters. The van der Waals surface area contributed by atoms with Crippen molar-refractivity contribution in [1.82, 2.24) is 9.13 Å². The summed E-state index contributed by atoms with van der Waals surface area (Å²) >= 11 is 0. The van der Waals surface area contributed by atoms with Crippen LogP contribution in [0.2, 0.25) is 0 Å². The molecule has 1 aromatic heterocycles. The minimum atomic E-state index is -0.473. The number of aryl methyl sites for hydroxylation is 2. The van der Waals surface area contributed by atoms with Gasteiger partial charge < -0.3 is 19.4 Å². The van der Waals surface area contributed by atoms with Crippen molar-refractivity contribution < 1.29 is 14.3 Å². The average molecular weight is 359 g/mol. The number of amides is 1. The maximum absolute atomic E-state index is 12.2. The lowest BCUT2D eigenvalue weighted by atomic mass is 10.1. The highest BCUT2D eigenvalue weighted by Gasteiger charge is 2.10. The lowest BCUT2D eigenvalue weighted by Gasteiger charge is -2.12. The quantitative estimate of drug-likeness (QED) is 0.806. The lowest BCUT2D eigenvalue weighted by Crippen LogP contribution is -2.37. The van der Waals surface area contributed by atoms with Crippen LogP contribution in [0.5, 0.6) is 11.5 Å². The molecule has 1 N–H and O–H groups in total. The van der Waals surface area contributed by atoms with Gasteiger partial charge in [0.15, 0.2) is 11.5 Å². The molecule has 0 spiro atoms. The van der Waals surface area contributed by atoms with E-state index >= 15 is 0 Å². The Labute approximate surface area is 150 Å². The highest BCUT2D eigenvalue weighted by molar-refractivity contribution is 6.02. The highest BCUT2D eigenvalue weighted by atomic mass is 16.5. The summed E-state index contributed by atoms with van der Waals surface area (Å²) in [5, 5.41) is 2.73. The van der Waals surface area contributed by atoms with Crippen LogP contribution in [-0.4, -0.2) is 29.3 Å². The Morgan fingerprint density at radius 3 is 2.35 bits per heavy atom. The van der Waals surface area contributed by atoms with Gasteiger partial charge in [-0.3, -0.25) is 14.2 Å². The fraction of sp³-hybridized carbons (Fsp3) is 0.278. The van der Waals surface area contributed by atoms with Crippen molar-refractivity contribution in [1.29, 1.82) is 0 Å². The number of nitrogens with zero attached hydrogens (tertiary/aromatic N) is 2. The highest BCUT2D eigenvalue weighted by Crippen LogP contribution is 2.32. The summed E-state index contributed by atoms with van der Waals surface area (Å²) in [7, 11) is 5.96. The van der Waals surface area contributed by atoms with Gasteiger partial charge >= 0.3 is 5.69 Å². The van der Waals surface area contributed by atoms with Crippen LogP contribution in [0.15, 0.2) is 34.0 Å². The number of nitrogens with one attached hydrogen (secondary N) is 1. The molecule has 0 saturated heterocycles. The van der Waals surface area contributed by atoms with Crippen LogP contribution in [0.25, 0.3) is 6.08 Å². The largest absolute Gasteiger partial charge is 0.493 e.